The highest BCUT2D eigenvalue weighted by Gasteiger charge is 2.40. The number of anilines is 1. The molecule has 0 bridgehead atoms. The zero-order chi connectivity index (χ0) is 19.0. The van der Waals surface area contributed by atoms with Gasteiger partial charge in [0.2, 0.25) is 10.0 Å². The summed E-state index contributed by atoms with van der Waals surface area (Å²) in [7, 11) is -3.54. The fourth-order valence-electron chi connectivity index (χ4n) is 4.05. The van der Waals surface area contributed by atoms with E-state index >= 15 is 0 Å². The highest BCUT2D eigenvalue weighted by molar-refractivity contribution is 7.93. The third-order valence-corrected chi connectivity index (χ3v) is 7.43. The van der Waals surface area contributed by atoms with Crippen LogP contribution in [0.5, 0.6) is 0 Å². The van der Waals surface area contributed by atoms with E-state index in [0.717, 1.165) is 43.0 Å². The number of rotatable bonds is 4. The van der Waals surface area contributed by atoms with Crippen molar-refractivity contribution < 1.29 is 8.42 Å². The smallest absolute Gasteiger partial charge is 0.238 e. The van der Waals surface area contributed by atoms with E-state index in [1.807, 2.05) is 32.0 Å². The van der Waals surface area contributed by atoms with Gasteiger partial charge in [-0.3, -0.25) is 15.6 Å². The van der Waals surface area contributed by atoms with Gasteiger partial charge in [0, 0.05) is 36.3 Å². The van der Waals surface area contributed by atoms with Gasteiger partial charge in [-0.15, -0.1) is 10.2 Å². The minimum absolute atomic E-state index is 0.173. The Balaban J connectivity index is 1.61. The van der Waals surface area contributed by atoms with Gasteiger partial charge in [-0.1, -0.05) is 18.6 Å². The maximum atomic E-state index is 12.9. The molecule has 1 saturated heterocycles. The molecular formula is C18H26N6O2S. The second-order valence-corrected chi connectivity index (χ2v) is 9.30. The van der Waals surface area contributed by atoms with E-state index in [9.17, 15) is 8.42 Å². The number of fused-ring (bicyclic) bond motifs is 1. The minimum Gasteiger partial charge on any atom is -0.311 e. The van der Waals surface area contributed by atoms with Crippen molar-refractivity contribution >= 4 is 15.7 Å². The van der Waals surface area contributed by atoms with Crippen LogP contribution in [0.2, 0.25) is 0 Å². The molecule has 3 N–H and O–H groups in total. The lowest BCUT2D eigenvalue weighted by Gasteiger charge is -2.20. The predicted octanol–water partition coefficient (Wildman–Crippen LogP) is 1.67. The molecule has 0 spiro atoms. The summed E-state index contributed by atoms with van der Waals surface area (Å²) in [5.41, 5.74) is 7.41. The molecule has 1 aromatic heterocycles. The van der Waals surface area contributed by atoms with Crippen molar-refractivity contribution in [1.29, 1.82) is 0 Å². The molecule has 0 saturated carbocycles. The number of benzene rings is 1. The van der Waals surface area contributed by atoms with E-state index in [4.69, 9.17) is 0 Å². The van der Waals surface area contributed by atoms with E-state index in [1.54, 1.807) is 6.07 Å². The zero-order valence-electron chi connectivity index (χ0n) is 15.6. The summed E-state index contributed by atoms with van der Waals surface area (Å²) in [4.78, 5) is 0. The van der Waals surface area contributed by atoms with Crippen molar-refractivity contribution in [2.24, 2.45) is 0 Å². The Hall–Kier alpha value is -1.97. The van der Waals surface area contributed by atoms with Gasteiger partial charge < -0.3 is 4.57 Å². The van der Waals surface area contributed by atoms with Gasteiger partial charge in [-0.05, 0) is 38.8 Å². The summed E-state index contributed by atoms with van der Waals surface area (Å²) in [6.07, 6.45) is 4.39. The second kappa shape index (κ2) is 7.21. The molecule has 2 aromatic rings. The van der Waals surface area contributed by atoms with Crippen LogP contribution in [0.25, 0.3) is 11.4 Å². The van der Waals surface area contributed by atoms with Crippen LogP contribution < -0.4 is 15.6 Å². The van der Waals surface area contributed by atoms with Crippen LogP contribution in [0.1, 0.15) is 38.9 Å². The summed E-state index contributed by atoms with van der Waals surface area (Å²) in [6.45, 7) is 4.63. The summed E-state index contributed by atoms with van der Waals surface area (Å²) < 4.78 is 30.7. The Labute approximate surface area is 159 Å². The molecule has 1 aromatic carbocycles. The van der Waals surface area contributed by atoms with E-state index in [1.165, 1.54) is 6.42 Å². The average molecular weight is 391 g/mol. The fraction of sp³-hybridized carbons (Fsp3) is 0.556. The monoisotopic (exact) mass is 390 g/mol. The zero-order valence-corrected chi connectivity index (χ0v) is 16.5. The maximum absolute atomic E-state index is 12.9. The highest BCUT2D eigenvalue weighted by atomic mass is 32.2. The van der Waals surface area contributed by atoms with Crippen LogP contribution >= 0.6 is 0 Å². The molecule has 9 heteroatoms. The molecule has 27 heavy (non-hydrogen) atoms. The first kappa shape index (κ1) is 18.4. The van der Waals surface area contributed by atoms with E-state index in [-0.39, 0.29) is 12.1 Å². The first-order valence-corrected chi connectivity index (χ1v) is 11.1. The minimum atomic E-state index is -3.54. The third kappa shape index (κ3) is 3.59. The van der Waals surface area contributed by atoms with Crippen molar-refractivity contribution in [1.82, 2.24) is 25.6 Å². The Kier molecular flexibility index (Phi) is 4.92. The SMILES string of the molecule is CC1NNC(C)C1S(=O)(=O)Nc1cccc(-c2nnc3n2CCCCC3)c1. The Morgan fingerprint density at radius 2 is 1.89 bits per heavy atom. The number of aryl methyl sites for hydroxylation is 1. The maximum Gasteiger partial charge on any atom is 0.238 e. The lowest BCUT2D eigenvalue weighted by molar-refractivity contribution is 0.564. The predicted molar refractivity (Wildman–Crippen MR) is 105 cm³/mol. The molecule has 3 heterocycles. The van der Waals surface area contributed by atoms with Gasteiger partial charge in [-0.2, -0.15) is 0 Å². The fourth-order valence-corrected chi connectivity index (χ4v) is 5.85. The molecular weight excluding hydrogens is 364 g/mol. The highest BCUT2D eigenvalue weighted by Crippen LogP contribution is 2.26. The Bertz CT molecular complexity index is 916. The topological polar surface area (TPSA) is 101 Å². The molecule has 0 radical (unpaired) electrons. The number of hydrazine groups is 1. The largest absolute Gasteiger partial charge is 0.311 e. The van der Waals surface area contributed by atoms with Crippen LogP contribution in [-0.2, 0) is 23.0 Å². The number of hydrogen-bond donors (Lipinski definition) is 3. The van der Waals surface area contributed by atoms with Gasteiger partial charge in [0.15, 0.2) is 5.82 Å². The van der Waals surface area contributed by atoms with E-state index < -0.39 is 15.3 Å². The average Bonchev–Trinajstić information content (AvgIpc) is 3.09. The molecule has 8 nitrogen and oxygen atoms in total. The lowest BCUT2D eigenvalue weighted by atomic mass is 10.2. The number of nitrogens with zero attached hydrogens (tertiary/aromatic N) is 3. The molecule has 2 aliphatic rings. The van der Waals surface area contributed by atoms with Crippen LogP contribution in [0.4, 0.5) is 5.69 Å². The number of sulfonamides is 1. The molecule has 2 aliphatic heterocycles. The number of hydrogen-bond acceptors (Lipinski definition) is 6. The second-order valence-electron chi connectivity index (χ2n) is 7.46. The van der Waals surface area contributed by atoms with Crippen LogP contribution in [0.3, 0.4) is 0 Å². The molecule has 4 rings (SSSR count). The van der Waals surface area contributed by atoms with Crippen LogP contribution in [-0.4, -0.2) is 40.5 Å². The van der Waals surface area contributed by atoms with Crippen molar-refractivity contribution in [3.63, 3.8) is 0 Å². The first-order valence-electron chi connectivity index (χ1n) is 9.51. The number of nitrogens with one attached hydrogen (secondary N) is 3. The summed E-state index contributed by atoms with van der Waals surface area (Å²) in [5.74, 6) is 1.82. The van der Waals surface area contributed by atoms with E-state index in [0.29, 0.717) is 5.69 Å². The molecule has 2 atom stereocenters. The van der Waals surface area contributed by atoms with Crippen molar-refractivity contribution in [2.45, 2.75) is 63.4 Å². The molecule has 146 valence electrons. The first-order chi connectivity index (χ1) is 13.0. The molecule has 0 aliphatic carbocycles. The number of aromatic nitrogens is 3. The Morgan fingerprint density at radius 3 is 2.67 bits per heavy atom. The van der Waals surface area contributed by atoms with Gasteiger partial charge in [0.25, 0.3) is 0 Å². The summed E-state index contributed by atoms with van der Waals surface area (Å²) in [5, 5.41) is 8.15. The van der Waals surface area contributed by atoms with Gasteiger partial charge in [0.05, 0.1) is 0 Å². The van der Waals surface area contributed by atoms with Gasteiger partial charge in [-0.25, -0.2) is 8.42 Å². The molecule has 0 amide bonds. The Morgan fingerprint density at radius 1 is 1.11 bits per heavy atom. The van der Waals surface area contributed by atoms with Crippen LogP contribution in [0, 0.1) is 0 Å². The molecule has 1 fully saturated rings. The van der Waals surface area contributed by atoms with Crippen LogP contribution in [0.15, 0.2) is 24.3 Å². The van der Waals surface area contributed by atoms with Gasteiger partial charge >= 0.3 is 0 Å². The van der Waals surface area contributed by atoms with Gasteiger partial charge in [0.1, 0.15) is 11.1 Å². The van der Waals surface area contributed by atoms with Crippen molar-refractivity contribution in [3.8, 4) is 11.4 Å². The summed E-state index contributed by atoms with van der Waals surface area (Å²) in [6, 6.07) is 7.06. The lowest BCUT2D eigenvalue weighted by Crippen LogP contribution is -2.41. The third-order valence-electron chi connectivity index (χ3n) is 5.37. The normalized spacial score (nSPS) is 25.8. The van der Waals surface area contributed by atoms with Crippen molar-refractivity contribution in [2.75, 3.05) is 4.72 Å². The van der Waals surface area contributed by atoms with E-state index in [2.05, 4.69) is 30.3 Å². The standard InChI is InChI=1S/C18H26N6O2S/c1-12-17(13(2)20-19-12)27(25,26)23-15-8-6-7-14(11-15)18-22-21-16-9-4-3-5-10-24(16)18/h6-8,11-13,17,19-20,23H,3-5,9-10H2,1-2H3. The van der Waals surface area contributed by atoms with Crippen molar-refractivity contribution in [3.05, 3.63) is 30.1 Å². The summed E-state index contributed by atoms with van der Waals surface area (Å²) >= 11 is 0. The molecule has 2 unspecified atom stereocenters. The quantitative estimate of drug-likeness (QED) is 0.734.